The van der Waals surface area contributed by atoms with Crippen molar-refractivity contribution < 1.29 is 9.53 Å². The molecular formula is C15H25N3O2S. The van der Waals surface area contributed by atoms with Crippen molar-refractivity contribution >= 4 is 27.9 Å². The van der Waals surface area contributed by atoms with Crippen LogP contribution in [0.1, 0.15) is 49.7 Å². The summed E-state index contributed by atoms with van der Waals surface area (Å²) in [6.07, 6.45) is 3.48. The lowest BCUT2D eigenvalue weighted by molar-refractivity contribution is 0.0958. The molecule has 118 valence electrons. The predicted molar refractivity (Wildman–Crippen MR) is 88.3 cm³/mol. The van der Waals surface area contributed by atoms with E-state index in [4.69, 9.17) is 10.5 Å². The van der Waals surface area contributed by atoms with Crippen LogP contribution in [0.25, 0.3) is 0 Å². The third-order valence-corrected chi connectivity index (χ3v) is 4.39. The Hall–Kier alpha value is -1.43. The van der Waals surface area contributed by atoms with Crippen molar-refractivity contribution in [2.75, 3.05) is 24.1 Å². The maximum Gasteiger partial charge on any atom is 0.263 e. The zero-order valence-electron chi connectivity index (χ0n) is 13.0. The van der Waals surface area contributed by atoms with Crippen LogP contribution >= 0.6 is 11.3 Å². The Morgan fingerprint density at radius 3 is 2.76 bits per heavy atom. The standard InChI is InChI=1S/C15H25N3O2S/c1-4-7-17-14(19)13-11(16)12(20-9(2)3)15(21-13)18-8-10-5-6-10/h9-10,18H,4-8,16H2,1-3H3,(H,17,19). The number of nitrogens with one attached hydrogen (secondary N) is 2. The third kappa shape index (κ3) is 4.27. The van der Waals surface area contributed by atoms with Crippen molar-refractivity contribution in [3.63, 3.8) is 0 Å². The first-order chi connectivity index (χ1) is 10.0. The molecule has 2 rings (SSSR count). The van der Waals surface area contributed by atoms with Gasteiger partial charge in [-0.2, -0.15) is 0 Å². The molecule has 0 bridgehead atoms. The molecule has 1 aromatic rings. The number of anilines is 2. The number of hydrogen-bond donors (Lipinski definition) is 3. The van der Waals surface area contributed by atoms with Crippen LogP contribution < -0.4 is 21.1 Å². The minimum Gasteiger partial charge on any atom is -0.486 e. The average Bonchev–Trinajstić information content (AvgIpc) is 3.21. The van der Waals surface area contributed by atoms with Gasteiger partial charge in [0, 0.05) is 13.1 Å². The molecule has 1 aromatic heterocycles. The zero-order chi connectivity index (χ0) is 15.4. The topological polar surface area (TPSA) is 76.4 Å². The van der Waals surface area contributed by atoms with Crippen LogP contribution in [-0.4, -0.2) is 25.1 Å². The van der Waals surface area contributed by atoms with Gasteiger partial charge in [0.25, 0.3) is 5.91 Å². The van der Waals surface area contributed by atoms with E-state index in [0.29, 0.717) is 22.9 Å². The van der Waals surface area contributed by atoms with E-state index in [1.54, 1.807) is 0 Å². The van der Waals surface area contributed by atoms with Crippen LogP contribution in [-0.2, 0) is 0 Å². The van der Waals surface area contributed by atoms with Crippen LogP contribution in [0.4, 0.5) is 10.7 Å². The first kappa shape index (κ1) is 15.9. The number of ether oxygens (including phenoxy) is 1. The third-order valence-electron chi connectivity index (χ3n) is 3.24. The van der Waals surface area contributed by atoms with E-state index in [-0.39, 0.29) is 12.0 Å². The lowest BCUT2D eigenvalue weighted by atomic mass is 10.3. The van der Waals surface area contributed by atoms with E-state index < -0.39 is 0 Å². The summed E-state index contributed by atoms with van der Waals surface area (Å²) < 4.78 is 5.81. The average molecular weight is 311 g/mol. The summed E-state index contributed by atoms with van der Waals surface area (Å²) in [5.74, 6) is 1.25. The highest BCUT2D eigenvalue weighted by atomic mass is 32.1. The first-order valence-electron chi connectivity index (χ1n) is 7.63. The Kier molecular flexibility index (Phi) is 5.33. The van der Waals surface area contributed by atoms with Gasteiger partial charge in [0.2, 0.25) is 0 Å². The molecule has 0 aromatic carbocycles. The molecule has 5 nitrogen and oxygen atoms in total. The Bertz CT molecular complexity index is 495. The minimum atomic E-state index is -0.118. The monoisotopic (exact) mass is 311 g/mol. The molecule has 21 heavy (non-hydrogen) atoms. The zero-order valence-corrected chi connectivity index (χ0v) is 13.8. The smallest absolute Gasteiger partial charge is 0.263 e. The second-order valence-corrected chi connectivity index (χ2v) is 6.77. The first-order valence-corrected chi connectivity index (χ1v) is 8.45. The Morgan fingerprint density at radius 1 is 1.48 bits per heavy atom. The van der Waals surface area contributed by atoms with E-state index in [0.717, 1.165) is 23.9 Å². The maximum atomic E-state index is 12.2. The van der Waals surface area contributed by atoms with Gasteiger partial charge < -0.3 is 21.1 Å². The van der Waals surface area contributed by atoms with Crippen LogP contribution in [0.15, 0.2) is 0 Å². The van der Waals surface area contributed by atoms with Crippen molar-refractivity contribution in [3.8, 4) is 5.75 Å². The molecule has 0 unspecified atom stereocenters. The number of carbonyl (C=O) groups excluding carboxylic acids is 1. The van der Waals surface area contributed by atoms with Gasteiger partial charge in [-0.3, -0.25) is 4.79 Å². The molecule has 0 atom stereocenters. The predicted octanol–water partition coefficient (Wildman–Crippen LogP) is 3.08. The van der Waals surface area contributed by atoms with E-state index in [2.05, 4.69) is 10.6 Å². The molecule has 1 heterocycles. The van der Waals surface area contributed by atoms with E-state index in [1.807, 2.05) is 20.8 Å². The number of hydrogen-bond acceptors (Lipinski definition) is 5. The van der Waals surface area contributed by atoms with Gasteiger partial charge in [-0.15, -0.1) is 11.3 Å². The number of nitrogens with two attached hydrogens (primary N) is 1. The van der Waals surface area contributed by atoms with E-state index in [1.165, 1.54) is 24.2 Å². The largest absolute Gasteiger partial charge is 0.486 e. The molecule has 1 saturated carbocycles. The fourth-order valence-corrected chi connectivity index (χ4v) is 2.92. The number of nitrogen functional groups attached to an aromatic ring is 1. The molecule has 0 saturated heterocycles. The summed E-state index contributed by atoms with van der Waals surface area (Å²) in [5, 5.41) is 7.13. The van der Waals surface area contributed by atoms with Gasteiger partial charge in [-0.25, -0.2) is 0 Å². The lowest BCUT2D eigenvalue weighted by Gasteiger charge is -2.12. The molecule has 1 amide bonds. The van der Waals surface area contributed by atoms with Crippen LogP contribution in [0, 0.1) is 5.92 Å². The molecular weight excluding hydrogens is 286 g/mol. The maximum absolute atomic E-state index is 12.2. The normalized spacial score (nSPS) is 14.3. The summed E-state index contributed by atoms with van der Waals surface area (Å²) >= 11 is 1.38. The molecule has 0 radical (unpaired) electrons. The Morgan fingerprint density at radius 2 is 2.19 bits per heavy atom. The SMILES string of the molecule is CCCNC(=O)c1sc(NCC2CC2)c(OC(C)C)c1N. The highest BCUT2D eigenvalue weighted by Crippen LogP contribution is 2.44. The highest BCUT2D eigenvalue weighted by molar-refractivity contribution is 7.19. The number of amides is 1. The van der Waals surface area contributed by atoms with Crippen molar-refractivity contribution in [1.29, 1.82) is 0 Å². The molecule has 4 N–H and O–H groups in total. The van der Waals surface area contributed by atoms with Gasteiger partial charge >= 0.3 is 0 Å². The van der Waals surface area contributed by atoms with Gasteiger partial charge in [0.15, 0.2) is 5.75 Å². The summed E-state index contributed by atoms with van der Waals surface area (Å²) in [6.45, 7) is 7.51. The fraction of sp³-hybridized carbons (Fsp3) is 0.667. The second kappa shape index (κ2) is 7.02. The highest BCUT2D eigenvalue weighted by Gasteiger charge is 2.25. The van der Waals surface area contributed by atoms with Crippen molar-refractivity contribution in [2.24, 2.45) is 5.92 Å². The molecule has 0 spiro atoms. The lowest BCUT2D eigenvalue weighted by Crippen LogP contribution is -2.23. The number of rotatable bonds is 8. The van der Waals surface area contributed by atoms with Gasteiger partial charge in [-0.1, -0.05) is 6.92 Å². The molecule has 1 fully saturated rings. The summed E-state index contributed by atoms with van der Waals surface area (Å²) in [5.41, 5.74) is 6.58. The molecule has 0 aliphatic heterocycles. The van der Waals surface area contributed by atoms with Crippen LogP contribution in [0.5, 0.6) is 5.75 Å². The summed E-state index contributed by atoms with van der Waals surface area (Å²) in [4.78, 5) is 12.7. The minimum absolute atomic E-state index is 0.0231. The van der Waals surface area contributed by atoms with Gasteiger partial charge in [0.1, 0.15) is 15.6 Å². The van der Waals surface area contributed by atoms with E-state index >= 15 is 0 Å². The molecule has 6 heteroatoms. The van der Waals surface area contributed by atoms with Crippen molar-refractivity contribution in [1.82, 2.24) is 5.32 Å². The van der Waals surface area contributed by atoms with Crippen LogP contribution in [0.3, 0.4) is 0 Å². The fourth-order valence-electron chi connectivity index (χ4n) is 1.94. The van der Waals surface area contributed by atoms with E-state index in [9.17, 15) is 4.79 Å². The Balaban J connectivity index is 2.17. The summed E-state index contributed by atoms with van der Waals surface area (Å²) in [6, 6.07) is 0. The van der Waals surface area contributed by atoms with Crippen molar-refractivity contribution in [2.45, 2.75) is 46.1 Å². The number of carbonyl (C=O) groups is 1. The van der Waals surface area contributed by atoms with Gasteiger partial charge in [-0.05, 0) is 39.0 Å². The Labute approximate surface area is 130 Å². The van der Waals surface area contributed by atoms with Crippen LogP contribution in [0.2, 0.25) is 0 Å². The van der Waals surface area contributed by atoms with Crippen molar-refractivity contribution in [3.05, 3.63) is 4.88 Å². The number of thiophene rings is 1. The molecule has 1 aliphatic carbocycles. The quantitative estimate of drug-likeness (QED) is 0.689. The van der Waals surface area contributed by atoms with Gasteiger partial charge in [0.05, 0.1) is 6.10 Å². The summed E-state index contributed by atoms with van der Waals surface area (Å²) in [7, 11) is 0. The molecule has 1 aliphatic rings. The second-order valence-electron chi connectivity index (χ2n) is 5.75.